The Morgan fingerprint density at radius 1 is 1.04 bits per heavy atom. The highest BCUT2D eigenvalue weighted by Gasteiger charge is 2.50. The van der Waals surface area contributed by atoms with Crippen molar-refractivity contribution in [3.8, 4) is 0 Å². The summed E-state index contributed by atoms with van der Waals surface area (Å²) in [6.07, 6.45) is -0.252. The van der Waals surface area contributed by atoms with E-state index in [1.807, 2.05) is 38.1 Å². The van der Waals surface area contributed by atoms with Crippen LogP contribution in [-0.2, 0) is 10.4 Å². The molecule has 0 radical (unpaired) electrons. The van der Waals surface area contributed by atoms with Crippen LogP contribution >= 0.6 is 0 Å². The monoisotopic (exact) mass is 365 g/mol. The summed E-state index contributed by atoms with van der Waals surface area (Å²) in [5, 5.41) is 11.3. The van der Waals surface area contributed by atoms with Crippen molar-refractivity contribution >= 4 is 17.4 Å². The van der Waals surface area contributed by atoms with Crippen molar-refractivity contribution in [2.75, 3.05) is 11.4 Å². The number of Topliss-reactive ketones (excluding diaryl/α,β-unsaturated/α-hetero) is 1. The van der Waals surface area contributed by atoms with Crippen LogP contribution in [0.5, 0.6) is 0 Å². The molecule has 2 aromatic carbocycles. The van der Waals surface area contributed by atoms with Crippen molar-refractivity contribution in [2.24, 2.45) is 5.92 Å². The van der Waals surface area contributed by atoms with Crippen LogP contribution in [0.1, 0.15) is 61.5 Å². The van der Waals surface area contributed by atoms with Gasteiger partial charge in [-0.05, 0) is 23.5 Å². The summed E-state index contributed by atoms with van der Waals surface area (Å²) in [6, 6.07) is 14.6. The lowest BCUT2D eigenvalue weighted by Gasteiger charge is -2.24. The first kappa shape index (κ1) is 19.3. The smallest absolute Gasteiger partial charge is 0.264 e. The minimum atomic E-state index is -1.81. The van der Waals surface area contributed by atoms with E-state index in [2.05, 4.69) is 13.8 Å². The van der Waals surface area contributed by atoms with E-state index in [4.69, 9.17) is 0 Å². The zero-order chi connectivity index (χ0) is 19.8. The maximum atomic E-state index is 13.1. The lowest BCUT2D eigenvalue weighted by Crippen LogP contribution is -2.43. The maximum Gasteiger partial charge on any atom is 0.264 e. The number of hydrogen-bond donors (Lipinski definition) is 1. The van der Waals surface area contributed by atoms with Crippen LogP contribution in [0.25, 0.3) is 0 Å². The van der Waals surface area contributed by atoms with Crippen LogP contribution in [0.2, 0.25) is 0 Å². The van der Waals surface area contributed by atoms with Crippen LogP contribution in [-0.4, -0.2) is 23.3 Å². The molecule has 0 saturated carbocycles. The van der Waals surface area contributed by atoms with E-state index in [9.17, 15) is 14.7 Å². The molecule has 4 nitrogen and oxygen atoms in total. The van der Waals surface area contributed by atoms with Crippen molar-refractivity contribution in [2.45, 2.75) is 45.6 Å². The van der Waals surface area contributed by atoms with Gasteiger partial charge in [-0.1, -0.05) is 70.2 Å². The van der Waals surface area contributed by atoms with Gasteiger partial charge in [-0.15, -0.1) is 0 Å². The van der Waals surface area contributed by atoms with Crippen LogP contribution in [0.3, 0.4) is 0 Å². The number of nitrogens with zero attached hydrogens (tertiary/aromatic N) is 1. The van der Waals surface area contributed by atoms with Gasteiger partial charge in [0.2, 0.25) is 0 Å². The number of carbonyl (C=O) groups is 2. The Hall–Kier alpha value is -2.46. The standard InChI is InChI=1S/C23H27NO3/c1-15(2)14-24-20-8-6-5-7-19(20)23(27,22(24)26)13-21(25)18-11-9-17(10-12-18)16(3)4/h5-12,15-16,27H,13-14H2,1-4H3. The fourth-order valence-corrected chi connectivity index (χ4v) is 3.61. The Bertz CT molecular complexity index is 854. The molecule has 0 fully saturated rings. The van der Waals surface area contributed by atoms with E-state index in [-0.39, 0.29) is 18.1 Å². The van der Waals surface area contributed by atoms with Crippen LogP contribution in [0.15, 0.2) is 48.5 Å². The molecule has 1 unspecified atom stereocenters. The van der Waals surface area contributed by atoms with Gasteiger partial charge in [0.25, 0.3) is 5.91 Å². The Balaban J connectivity index is 1.91. The molecular weight excluding hydrogens is 338 g/mol. The van der Waals surface area contributed by atoms with E-state index in [1.54, 1.807) is 29.2 Å². The van der Waals surface area contributed by atoms with Crippen molar-refractivity contribution in [1.82, 2.24) is 0 Å². The number of ketones is 1. The summed E-state index contributed by atoms with van der Waals surface area (Å²) in [5.41, 5.74) is 1.07. The molecule has 142 valence electrons. The van der Waals surface area contributed by atoms with Crippen LogP contribution < -0.4 is 4.90 Å². The quantitative estimate of drug-likeness (QED) is 0.778. The highest BCUT2D eigenvalue weighted by molar-refractivity contribution is 6.10. The van der Waals surface area contributed by atoms with Gasteiger partial charge in [0.1, 0.15) is 0 Å². The van der Waals surface area contributed by atoms with Crippen molar-refractivity contribution in [3.05, 3.63) is 65.2 Å². The van der Waals surface area contributed by atoms with Gasteiger partial charge < -0.3 is 10.0 Å². The second kappa shape index (κ2) is 7.28. The molecule has 4 heteroatoms. The third-order valence-corrected chi connectivity index (χ3v) is 5.10. The zero-order valence-corrected chi connectivity index (χ0v) is 16.4. The zero-order valence-electron chi connectivity index (χ0n) is 16.4. The van der Waals surface area contributed by atoms with Gasteiger partial charge in [-0.25, -0.2) is 0 Å². The predicted molar refractivity (Wildman–Crippen MR) is 107 cm³/mol. The van der Waals surface area contributed by atoms with Crippen LogP contribution in [0.4, 0.5) is 5.69 Å². The summed E-state index contributed by atoms with van der Waals surface area (Å²) in [7, 11) is 0. The van der Waals surface area contributed by atoms with Gasteiger partial charge >= 0.3 is 0 Å². The average molecular weight is 365 g/mol. The first-order valence-corrected chi connectivity index (χ1v) is 9.51. The van der Waals surface area contributed by atoms with Gasteiger partial charge in [-0.3, -0.25) is 9.59 Å². The molecule has 27 heavy (non-hydrogen) atoms. The average Bonchev–Trinajstić information content (AvgIpc) is 2.84. The van der Waals surface area contributed by atoms with Gasteiger partial charge in [0.15, 0.2) is 11.4 Å². The molecule has 0 aromatic heterocycles. The number of carbonyl (C=O) groups excluding carboxylic acids is 2. The highest BCUT2D eigenvalue weighted by Crippen LogP contribution is 2.43. The Morgan fingerprint density at radius 3 is 2.26 bits per heavy atom. The van der Waals surface area contributed by atoms with Gasteiger partial charge in [-0.2, -0.15) is 0 Å². The molecule has 1 atom stereocenters. The number of hydrogen-bond acceptors (Lipinski definition) is 3. The SMILES string of the molecule is CC(C)CN1C(=O)C(O)(CC(=O)c2ccc(C(C)C)cc2)c2ccccc21. The normalized spacial score (nSPS) is 19.1. The molecule has 0 bridgehead atoms. The molecular formula is C23H27NO3. The Kier molecular flexibility index (Phi) is 5.20. The Labute approximate surface area is 160 Å². The maximum absolute atomic E-state index is 13.1. The molecule has 0 spiro atoms. The second-order valence-corrected chi connectivity index (χ2v) is 8.06. The molecule has 0 saturated heterocycles. The minimum absolute atomic E-state index is 0.234. The lowest BCUT2D eigenvalue weighted by atomic mass is 9.87. The van der Waals surface area contributed by atoms with E-state index >= 15 is 0 Å². The molecule has 1 aliphatic heterocycles. The molecule has 1 heterocycles. The molecule has 1 aliphatic rings. The number of para-hydroxylation sites is 1. The molecule has 1 N–H and O–H groups in total. The number of fused-ring (bicyclic) bond motifs is 1. The van der Waals surface area contributed by atoms with E-state index in [0.717, 1.165) is 5.56 Å². The molecule has 0 aliphatic carbocycles. The summed E-state index contributed by atoms with van der Waals surface area (Å²) in [4.78, 5) is 27.5. The van der Waals surface area contributed by atoms with Crippen molar-refractivity contribution in [3.63, 3.8) is 0 Å². The third-order valence-electron chi connectivity index (χ3n) is 5.10. The number of aliphatic hydroxyl groups is 1. The largest absolute Gasteiger partial charge is 0.375 e. The highest BCUT2D eigenvalue weighted by atomic mass is 16.3. The summed E-state index contributed by atoms with van der Waals surface area (Å²) in [6.45, 7) is 8.74. The topological polar surface area (TPSA) is 57.6 Å². The summed E-state index contributed by atoms with van der Waals surface area (Å²) < 4.78 is 0. The lowest BCUT2D eigenvalue weighted by molar-refractivity contribution is -0.136. The number of benzene rings is 2. The molecule has 3 rings (SSSR count). The van der Waals surface area contributed by atoms with E-state index in [0.29, 0.717) is 29.3 Å². The fraction of sp³-hybridized carbons (Fsp3) is 0.391. The fourth-order valence-electron chi connectivity index (χ4n) is 3.61. The number of rotatable bonds is 6. The van der Waals surface area contributed by atoms with E-state index < -0.39 is 11.5 Å². The van der Waals surface area contributed by atoms with Crippen LogP contribution in [0, 0.1) is 5.92 Å². The minimum Gasteiger partial charge on any atom is -0.375 e. The third kappa shape index (κ3) is 3.54. The Morgan fingerprint density at radius 2 is 1.67 bits per heavy atom. The van der Waals surface area contributed by atoms with Gasteiger partial charge in [0, 0.05) is 17.7 Å². The number of amides is 1. The predicted octanol–water partition coefficient (Wildman–Crippen LogP) is 4.27. The first-order valence-electron chi connectivity index (χ1n) is 9.51. The van der Waals surface area contributed by atoms with E-state index in [1.165, 1.54) is 0 Å². The molecule has 2 aromatic rings. The number of anilines is 1. The molecule has 1 amide bonds. The summed E-state index contributed by atoms with van der Waals surface area (Å²) in [5.74, 6) is -0.0123. The van der Waals surface area contributed by atoms with Crippen molar-refractivity contribution in [1.29, 1.82) is 0 Å². The summed E-state index contributed by atoms with van der Waals surface area (Å²) >= 11 is 0. The van der Waals surface area contributed by atoms with Crippen molar-refractivity contribution < 1.29 is 14.7 Å². The second-order valence-electron chi connectivity index (χ2n) is 8.06. The first-order chi connectivity index (χ1) is 12.7. The van der Waals surface area contributed by atoms with Gasteiger partial charge in [0.05, 0.1) is 12.1 Å².